The summed E-state index contributed by atoms with van der Waals surface area (Å²) in [6.45, 7) is 6.38. The summed E-state index contributed by atoms with van der Waals surface area (Å²) >= 11 is 0. The fourth-order valence-corrected chi connectivity index (χ4v) is 2.67. The van der Waals surface area contributed by atoms with E-state index < -0.39 is 0 Å². The Bertz CT molecular complexity index is 645. The first kappa shape index (κ1) is 12.0. The molecule has 0 bridgehead atoms. The smallest absolute Gasteiger partial charge is 0.296 e. The maximum absolute atomic E-state index is 12.6. The van der Waals surface area contributed by atoms with Crippen LogP contribution in [0.1, 0.15) is 40.5 Å². The summed E-state index contributed by atoms with van der Waals surface area (Å²) < 4.78 is 5.44. The minimum atomic E-state index is -0.102. The first-order valence-corrected chi connectivity index (χ1v) is 6.42. The summed E-state index contributed by atoms with van der Waals surface area (Å²) in [5, 5.41) is 0. The molecule has 1 aliphatic rings. The third-order valence-electron chi connectivity index (χ3n) is 3.56. The molecule has 1 unspecified atom stereocenters. The van der Waals surface area contributed by atoms with Crippen molar-refractivity contribution in [2.45, 2.75) is 26.7 Å². The largest absolute Gasteiger partial charge is 0.436 e. The number of carbonyl (C=O) groups excluding carboxylic acids is 1. The third-order valence-corrected chi connectivity index (χ3v) is 3.56. The van der Waals surface area contributed by atoms with E-state index in [2.05, 4.69) is 18.0 Å². The van der Waals surface area contributed by atoms with Crippen LogP contribution in [0.4, 0.5) is 5.69 Å². The second kappa shape index (κ2) is 4.23. The zero-order chi connectivity index (χ0) is 13.6. The Labute approximate surface area is 112 Å². The van der Waals surface area contributed by atoms with Gasteiger partial charge in [0.25, 0.3) is 5.91 Å². The lowest BCUT2D eigenvalue weighted by molar-refractivity contribution is 0.0959. The molecule has 4 nitrogen and oxygen atoms in total. The first-order chi connectivity index (χ1) is 9.08. The minimum Gasteiger partial charge on any atom is -0.436 e. The molecule has 4 heteroatoms. The average Bonchev–Trinajstić information content (AvgIpc) is 2.90. The van der Waals surface area contributed by atoms with E-state index in [-0.39, 0.29) is 5.91 Å². The molecule has 0 fully saturated rings. The molecule has 1 aromatic carbocycles. The van der Waals surface area contributed by atoms with Gasteiger partial charge in [-0.05, 0) is 18.6 Å². The zero-order valence-electron chi connectivity index (χ0n) is 11.3. The lowest BCUT2D eigenvalue weighted by Gasteiger charge is -2.16. The Hall–Kier alpha value is -2.10. The molecule has 0 N–H and O–H groups in total. The van der Waals surface area contributed by atoms with Crippen LogP contribution in [0.5, 0.6) is 0 Å². The van der Waals surface area contributed by atoms with Gasteiger partial charge in [-0.25, -0.2) is 4.98 Å². The topological polar surface area (TPSA) is 46.3 Å². The lowest BCUT2D eigenvalue weighted by atomic mass is 10.0. The number of nitrogens with zero attached hydrogens (tertiary/aromatic N) is 2. The van der Waals surface area contributed by atoms with Crippen LogP contribution in [0.25, 0.3) is 0 Å². The Kier molecular flexibility index (Phi) is 2.66. The van der Waals surface area contributed by atoms with E-state index in [4.69, 9.17) is 4.42 Å². The number of aromatic nitrogens is 1. The van der Waals surface area contributed by atoms with Crippen molar-refractivity contribution in [2.24, 2.45) is 0 Å². The second-order valence-electron chi connectivity index (χ2n) is 5.02. The van der Waals surface area contributed by atoms with Crippen molar-refractivity contribution in [3.8, 4) is 0 Å². The van der Waals surface area contributed by atoms with Crippen molar-refractivity contribution < 1.29 is 9.21 Å². The van der Waals surface area contributed by atoms with Crippen LogP contribution in [0.15, 0.2) is 28.7 Å². The number of oxazole rings is 1. The molecule has 0 saturated carbocycles. The molecule has 0 aliphatic carbocycles. The van der Waals surface area contributed by atoms with Crippen molar-refractivity contribution in [1.82, 2.24) is 4.98 Å². The maximum Gasteiger partial charge on any atom is 0.296 e. The molecule has 0 radical (unpaired) electrons. The molecule has 0 saturated heterocycles. The number of carbonyl (C=O) groups is 1. The SMILES string of the molecule is Cc1nc(C)c(C(=O)N2CC(C)c3ccccc32)o1. The van der Waals surface area contributed by atoms with Crippen LogP contribution >= 0.6 is 0 Å². The van der Waals surface area contributed by atoms with Gasteiger partial charge in [0.05, 0.1) is 5.69 Å². The summed E-state index contributed by atoms with van der Waals surface area (Å²) in [6, 6.07) is 8.02. The second-order valence-corrected chi connectivity index (χ2v) is 5.02. The maximum atomic E-state index is 12.6. The molecule has 2 heterocycles. The fourth-order valence-electron chi connectivity index (χ4n) is 2.67. The number of benzene rings is 1. The molecule has 3 rings (SSSR count). The first-order valence-electron chi connectivity index (χ1n) is 6.42. The molecule has 19 heavy (non-hydrogen) atoms. The number of hydrogen-bond acceptors (Lipinski definition) is 3. The predicted octanol–water partition coefficient (Wildman–Crippen LogP) is 3.06. The monoisotopic (exact) mass is 256 g/mol. The predicted molar refractivity (Wildman–Crippen MR) is 72.5 cm³/mol. The molecule has 0 spiro atoms. The molecule has 1 aliphatic heterocycles. The van der Waals surface area contributed by atoms with Gasteiger partial charge in [0.15, 0.2) is 5.89 Å². The van der Waals surface area contributed by atoms with Crippen molar-refractivity contribution >= 4 is 11.6 Å². The fraction of sp³-hybridized carbons (Fsp3) is 0.333. The van der Waals surface area contributed by atoms with E-state index >= 15 is 0 Å². The lowest BCUT2D eigenvalue weighted by Crippen LogP contribution is -2.29. The summed E-state index contributed by atoms with van der Waals surface area (Å²) in [7, 11) is 0. The van der Waals surface area contributed by atoms with Crippen molar-refractivity contribution in [1.29, 1.82) is 0 Å². The third kappa shape index (κ3) is 1.84. The van der Waals surface area contributed by atoms with Crippen LogP contribution in [-0.2, 0) is 0 Å². The van der Waals surface area contributed by atoms with E-state index in [9.17, 15) is 4.79 Å². The average molecular weight is 256 g/mol. The normalized spacial score (nSPS) is 17.6. The highest BCUT2D eigenvalue weighted by Gasteiger charge is 2.32. The van der Waals surface area contributed by atoms with Gasteiger partial charge in [-0.1, -0.05) is 25.1 Å². The van der Waals surface area contributed by atoms with Gasteiger partial charge in [-0.3, -0.25) is 4.79 Å². The zero-order valence-corrected chi connectivity index (χ0v) is 11.3. The standard InChI is InChI=1S/C15H16N2O2/c1-9-8-17(13-7-5-4-6-12(9)13)15(18)14-10(2)16-11(3)19-14/h4-7,9H,8H2,1-3H3. The number of anilines is 1. The minimum absolute atomic E-state index is 0.102. The van der Waals surface area contributed by atoms with E-state index in [0.29, 0.717) is 29.8 Å². The molecule has 98 valence electrons. The highest BCUT2D eigenvalue weighted by Crippen LogP contribution is 2.36. The van der Waals surface area contributed by atoms with Gasteiger partial charge in [0, 0.05) is 25.1 Å². The number of amides is 1. The van der Waals surface area contributed by atoms with Crippen LogP contribution in [0.3, 0.4) is 0 Å². The van der Waals surface area contributed by atoms with Gasteiger partial charge in [-0.15, -0.1) is 0 Å². The van der Waals surface area contributed by atoms with Crippen molar-refractivity contribution in [3.63, 3.8) is 0 Å². The van der Waals surface area contributed by atoms with E-state index in [1.54, 1.807) is 18.7 Å². The van der Waals surface area contributed by atoms with Crippen LogP contribution in [0, 0.1) is 13.8 Å². The number of para-hydroxylation sites is 1. The number of hydrogen-bond donors (Lipinski definition) is 0. The quantitative estimate of drug-likeness (QED) is 0.787. The Balaban J connectivity index is 2.01. The van der Waals surface area contributed by atoms with E-state index in [0.717, 1.165) is 5.69 Å². The number of rotatable bonds is 1. The van der Waals surface area contributed by atoms with Crippen molar-refractivity contribution in [3.05, 3.63) is 47.2 Å². The molecule has 2 aromatic rings. The van der Waals surface area contributed by atoms with Crippen LogP contribution in [0.2, 0.25) is 0 Å². The van der Waals surface area contributed by atoms with Gasteiger partial charge < -0.3 is 9.32 Å². The van der Waals surface area contributed by atoms with Gasteiger partial charge in [-0.2, -0.15) is 0 Å². The Morgan fingerprint density at radius 3 is 2.79 bits per heavy atom. The van der Waals surface area contributed by atoms with E-state index in [1.165, 1.54) is 5.56 Å². The molecule has 1 aromatic heterocycles. The van der Waals surface area contributed by atoms with Crippen LogP contribution < -0.4 is 4.90 Å². The van der Waals surface area contributed by atoms with Crippen molar-refractivity contribution in [2.75, 3.05) is 11.4 Å². The summed E-state index contributed by atoms with van der Waals surface area (Å²) in [5.74, 6) is 1.13. The summed E-state index contributed by atoms with van der Waals surface area (Å²) in [5.41, 5.74) is 2.85. The highest BCUT2D eigenvalue weighted by atomic mass is 16.4. The summed E-state index contributed by atoms with van der Waals surface area (Å²) in [4.78, 5) is 18.5. The molecular formula is C15H16N2O2. The number of aryl methyl sites for hydroxylation is 2. The molecular weight excluding hydrogens is 240 g/mol. The van der Waals surface area contributed by atoms with Gasteiger partial charge >= 0.3 is 0 Å². The Morgan fingerprint density at radius 1 is 1.37 bits per heavy atom. The highest BCUT2D eigenvalue weighted by molar-refractivity contribution is 6.06. The molecule has 1 amide bonds. The van der Waals surface area contributed by atoms with E-state index in [1.807, 2.05) is 18.2 Å². The summed E-state index contributed by atoms with van der Waals surface area (Å²) in [6.07, 6.45) is 0. The number of fused-ring (bicyclic) bond motifs is 1. The van der Waals surface area contributed by atoms with Gasteiger partial charge in [0.1, 0.15) is 0 Å². The van der Waals surface area contributed by atoms with Crippen LogP contribution in [-0.4, -0.2) is 17.4 Å². The van der Waals surface area contributed by atoms with Gasteiger partial charge in [0.2, 0.25) is 5.76 Å². The molecule has 1 atom stereocenters. The Morgan fingerprint density at radius 2 is 2.11 bits per heavy atom.